The van der Waals surface area contributed by atoms with Crippen molar-refractivity contribution in [3.05, 3.63) is 59.1 Å². The van der Waals surface area contributed by atoms with E-state index in [-0.39, 0.29) is 17.1 Å². The highest BCUT2D eigenvalue weighted by Gasteiger charge is 2.41. The number of benzene rings is 1. The lowest BCUT2D eigenvalue weighted by atomic mass is 10.0. The standard InChI is InChI=1S/C16H16ClFN4O3S/c1-22-15(16(23)20-10-5-6-12(18)11(17)8-10)9-14(21-26(22,24)25)13-4-2-3-7-19-13/h2-8,14-15,21H,9H2,1H3,(H,20,23). The first-order valence-electron chi connectivity index (χ1n) is 7.70. The van der Waals surface area contributed by atoms with E-state index in [0.717, 1.165) is 10.4 Å². The van der Waals surface area contributed by atoms with Crippen LogP contribution < -0.4 is 10.0 Å². The number of pyridine rings is 1. The second kappa shape index (κ2) is 7.28. The number of hydrogen-bond donors (Lipinski definition) is 2. The Hall–Kier alpha value is -2.07. The number of nitrogens with one attached hydrogen (secondary N) is 2. The molecule has 3 rings (SSSR count). The zero-order valence-corrected chi connectivity index (χ0v) is 15.3. The molecule has 0 radical (unpaired) electrons. The lowest BCUT2D eigenvalue weighted by Gasteiger charge is -2.35. The van der Waals surface area contributed by atoms with E-state index in [1.165, 1.54) is 19.2 Å². The second-order valence-electron chi connectivity index (χ2n) is 5.82. The minimum Gasteiger partial charge on any atom is -0.325 e. The van der Waals surface area contributed by atoms with Crippen molar-refractivity contribution in [1.29, 1.82) is 0 Å². The average molecular weight is 399 g/mol. The van der Waals surface area contributed by atoms with Crippen LogP contribution in [0.1, 0.15) is 18.2 Å². The number of carbonyl (C=O) groups excluding carboxylic acids is 1. The molecule has 1 aromatic heterocycles. The Bertz CT molecular complexity index is 926. The van der Waals surface area contributed by atoms with E-state index >= 15 is 0 Å². The van der Waals surface area contributed by atoms with Crippen molar-refractivity contribution in [2.75, 3.05) is 12.4 Å². The van der Waals surface area contributed by atoms with Gasteiger partial charge in [-0.25, -0.2) is 4.39 Å². The molecule has 2 atom stereocenters. The van der Waals surface area contributed by atoms with Crippen LogP contribution in [0.2, 0.25) is 5.02 Å². The van der Waals surface area contributed by atoms with Gasteiger partial charge in [0.2, 0.25) is 5.91 Å². The van der Waals surface area contributed by atoms with E-state index in [1.807, 2.05) is 0 Å². The van der Waals surface area contributed by atoms with Crippen molar-refractivity contribution in [2.45, 2.75) is 18.5 Å². The number of halogens is 2. The highest BCUT2D eigenvalue weighted by molar-refractivity contribution is 7.87. The highest BCUT2D eigenvalue weighted by Crippen LogP contribution is 2.27. The van der Waals surface area contributed by atoms with Crippen molar-refractivity contribution in [1.82, 2.24) is 14.0 Å². The molecule has 1 aliphatic heterocycles. The summed E-state index contributed by atoms with van der Waals surface area (Å²) in [5.41, 5.74) is 0.798. The minimum atomic E-state index is -3.86. The molecule has 1 fully saturated rings. The third-order valence-corrected chi connectivity index (χ3v) is 5.99. The zero-order valence-electron chi connectivity index (χ0n) is 13.7. The van der Waals surface area contributed by atoms with Crippen LogP contribution in [0, 0.1) is 5.82 Å². The average Bonchev–Trinajstić information content (AvgIpc) is 2.61. The summed E-state index contributed by atoms with van der Waals surface area (Å²) in [6.07, 6.45) is 1.74. The maximum absolute atomic E-state index is 13.2. The molecule has 2 aromatic rings. The number of anilines is 1. The van der Waals surface area contributed by atoms with Gasteiger partial charge in [-0.05, 0) is 36.8 Å². The Kier molecular flexibility index (Phi) is 5.24. The van der Waals surface area contributed by atoms with Crippen molar-refractivity contribution >= 4 is 33.4 Å². The summed E-state index contributed by atoms with van der Waals surface area (Å²) in [4.78, 5) is 16.8. The fourth-order valence-corrected chi connectivity index (χ4v) is 4.13. The fourth-order valence-electron chi connectivity index (χ4n) is 2.69. The summed E-state index contributed by atoms with van der Waals surface area (Å²) in [5, 5.41) is 2.44. The molecular weight excluding hydrogens is 383 g/mol. The molecule has 10 heteroatoms. The van der Waals surface area contributed by atoms with Crippen molar-refractivity contribution in [2.24, 2.45) is 0 Å². The molecule has 1 saturated heterocycles. The van der Waals surface area contributed by atoms with Gasteiger partial charge in [0.15, 0.2) is 0 Å². The molecule has 0 aliphatic carbocycles. The van der Waals surface area contributed by atoms with Crippen LogP contribution in [0.5, 0.6) is 0 Å². The van der Waals surface area contributed by atoms with Crippen molar-refractivity contribution in [3.8, 4) is 0 Å². The van der Waals surface area contributed by atoms with Crippen LogP contribution >= 0.6 is 11.6 Å². The van der Waals surface area contributed by atoms with Crippen LogP contribution in [-0.2, 0) is 15.0 Å². The molecule has 2 heterocycles. The monoisotopic (exact) mass is 398 g/mol. The normalized spacial score (nSPS) is 22.7. The Labute approximate surface area is 155 Å². The number of rotatable bonds is 3. The zero-order chi connectivity index (χ0) is 18.9. The third kappa shape index (κ3) is 3.85. The number of carbonyl (C=O) groups is 1. The molecule has 0 spiro atoms. The Morgan fingerprint density at radius 1 is 1.38 bits per heavy atom. The van der Waals surface area contributed by atoms with E-state index < -0.39 is 34.0 Å². The molecule has 2 N–H and O–H groups in total. The Balaban J connectivity index is 1.84. The quantitative estimate of drug-likeness (QED) is 0.828. The first-order chi connectivity index (χ1) is 12.3. The molecule has 26 heavy (non-hydrogen) atoms. The Morgan fingerprint density at radius 3 is 2.81 bits per heavy atom. The molecule has 1 amide bonds. The van der Waals surface area contributed by atoms with Crippen LogP contribution in [0.4, 0.5) is 10.1 Å². The Morgan fingerprint density at radius 2 is 2.15 bits per heavy atom. The lowest BCUT2D eigenvalue weighted by Crippen LogP contribution is -2.56. The van der Waals surface area contributed by atoms with Gasteiger partial charge in [-0.1, -0.05) is 17.7 Å². The molecule has 138 valence electrons. The van der Waals surface area contributed by atoms with Gasteiger partial charge in [0.1, 0.15) is 11.9 Å². The first-order valence-corrected chi connectivity index (χ1v) is 9.52. The maximum Gasteiger partial charge on any atom is 0.280 e. The smallest absolute Gasteiger partial charge is 0.280 e. The first kappa shape index (κ1) is 18.7. The predicted octanol–water partition coefficient (Wildman–Crippen LogP) is 2.09. The minimum absolute atomic E-state index is 0.138. The van der Waals surface area contributed by atoms with Crippen LogP contribution in [0.15, 0.2) is 42.6 Å². The number of nitrogens with zero attached hydrogens (tertiary/aromatic N) is 2. The topological polar surface area (TPSA) is 91.4 Å². The van der Waals surface area contributed by atoms with E-state index in [2.05, 4.69) is 15.0 Å². The SMILES string of the molecule is CN1C(C(=O)Nc2ccc(F)c(Cl)c2)CC(c2ccccn2)NS1(=O)=O. The largest absolute Gasteiger partial charge is 0.325 e. The molecule has 0 saturated carbocycles. The summed E-state index contributed by atoms with van der Waals surface area (Å²) in [5.74, 6) is -1.15. The van der Waals surface area contributed by atoms with Gasteiger partial charge in [-0.3, -0.25) is 9.78 Å². The highest BCUT2D eigenvalue weighted by atomic mass is 35.5. The van der Waals surface area contributed by atoms with Gasteiger partial charge < -0.3 is 5.32 Å². The number of aromatic nitrogens is 1. The van der Waals surface area contributed by atoms with E-state index in [1.54, 1.807) is 24.4 Å². The van der Waals surface area contributed by atoms with Gasteiger partial charge in [0.05, 0.1) is 16.8 Å². The molecule has 1 aliphatic rings. The molecule has 0 bridgehead atoms. The molecule has 7 nitrogen and oxygen atoms in total. The summed E-state index contributed by atoms with van der Waals surface area (Å²) in [6, 6.07) is 7.29. The van der Waals surface area contributed by atoms with Crippen molar-refractivity contribution in [3.63, 3.8) is 0 Å². The lowest BCUT2D eigenvalue weighted by molar-refractivity contribution is -0.120. The van der Waals surface area contributed by atoms with Gasteiger partial charge >= 0.3 is 0 Å². The van der Waals surface area contributed by atoms with E-state index in [0.29, 0.717) is 5.69 Å². The van der Waals surface area contributed by atoms with Crippen LogP contribution in [-0.4, -0.2) is 36.7 Å². The number of hydrogen-bond acceptors (Lipinski definition) is 4. The molecular formula is C16H16ClFN4O3S. The summed E-state index contributed by atoms with van der Waals surface area (Å²) < 4.78 is 41.5. The van der Waals surface area contributed by atoms with Gasteiger partial charge in [0.25, 0.3) is 10.2 Å². The molecule has 2 unspecified atom stereocenters. The van der Waals surface area contributed by atoms with Crippen LogP contribution in [0.3, 0.4) is 0 Å². The number of amides is 1. The summed E-state index contributed by atoms with van der Waals surface area (Å²) in [6.45, 7) is 0. The van der Waals surface area contributed by atoms with Crippen LogP contribution in [0.25, 0.3) is 0 Å². The summed E-state index contributed by atoms with van der Waals surface area (Å²) in [7, 11) is -2.55. The second-order valence-corrected chi connectivity index (χ2v) is 7.98. The molecule has 1 aromatic carbocycles. The van der Waals surface area contributed by atoms with Gasteiger partial charge in [-0.2, -0.15) is 17.4 Å². The number of likely N-dealkylation sites (N-methyl/N-ethyl adjacent to an activating group) is 1. The predicted molar refractivity (Wildman–Crippen MR) is 95.2 cm³/mol. The van der Waals surface area contributed by atoms with Crippen molar-refractivity contribution < 1.29 is 17.6 Å². The maximum atomic E-state index is 13.2. The van der Waals surface area contributed by atoms with E-state index in [4.69, 9.17) is 11.6 Å². The third-order valence-electron chi connectivity index (χ3n) is 4.10. The van der Waals surface area contributed by atoms with Gasteiger partial charge in [-0.15, -0.1) is 0 Å². The summed E-state index contributed by atoms with van der Waals surface area (Å²) >= 11 is 5.71. The van der Waals surface area contributed by atoms with Gasteiger partial charge in [0, 0.05) is 18.9 Å². The van der Waals surface area contributed by atoms with E-state index in [9.17, 15) is 17.6 Å². The fraction of sp³-hybridized carbons (Fsp3) is 0.250.